The van der Waals surface area contributed by atoms with E-state index in [0.29, 0.717) is 73.6 Å². The average Bonchev–Trinajstić information content (AvgIpc) is 3.37. The highest BCUT2D eigenvalue weighted by Crippen LogP contribution is 2.40. The quantitative estimate of drug-likeness (QED) is 0.267. The molecule has 0 unspecified atom stereocenters. The average molecular weight is 612 g/mol. The van der Waals surface area contributed by atoms with Crippen molar-refractivity contribution in [2.24, 2.45) is 5.16 Å². The highest BCUT2D eigenvalue weighted by Gasteiger charge is 2.47. The summed E-state index contributed by atoms with van der Waals surface area (Å²) in [5, 5.41) is 23.0. The number of amides is 1. The lowest BCUT2D eigenvalue weighted by molar-refractivity contribution is -0.149. The van der Waals surface area contributed by atoms with Crippen LogP contribution in [0, 0.1) is 5.82 Å². The number of piperidine rings is 2. The fourth-order valence-electron chi connectivity index (χ4n) is 5.05. The van der Waals surface area contributed by atoms with Crippen molar-refractivity contribution in [3.63, 3.8) is 0 Å². The van der Waals surface area contributed by atoms with Crippen LogP contribution in [0.4, 0.5) is 14.6 Å². The van der Waals surface area contributed by atoms with Crippen molar-refractivity contribution in [1.29, 1.82) is 0 Å². The van der Waals surface area contributed by atoms with Gasteiger partial charge in [0.05, 0.1) is 11.0 Å². The first-order chi connectivity index (χ1) is 18.7. The maximum absolute atomic E-state index is 15.0. The number of alkyl halides is 2. The molecule has 0 atom stereocenters. The third-order valence-electron chi connectivity index (χ3n) is 7.06. The molecule has 1 spiro atoms. The van der Waals surface area contributed by atoms with E-state index in [-0.39, 0.29) is 18.7 Å². The predicted octanol–water partition coefficient (Wildman–Crippen LogP) is 3.50. The molecule has 212 valence electrons. The number of rotatable bonds is 5. The Morgan fingerprint density at radius 1 is 1.31 bits per heavy atom. The van der Waals surface area contributed by atoms with Crippen LogP contribution in [0.5, 0.6) is 5.75 Å². The molecule has 2 fully saturated rings. The van der Waals surface area contributed by atoms with Crippen molar-refractivity contribution in [3.05, 3.63) is 41.4 Å². The number of halogens is 3. The van der Waals surface area contributed by atoms with Gasteiger partial charge in [0, 0.05) is 56.8 Å². The number of likely N-dealkylation sites (tertiary alicyclic amines) is 1. The van der Waals surface area contributed by atoms with E-state index in [2.05, 4.69) is 36.8 Å². The minimum atomic E-state index is -1.77. The van der Waals surface area contributed by atoms with Gasteiger partial charge in [0.2, 0.25) is 0 Å². The molecule has 14 heteroatoms. The van der Waals surface area contributed by atoms with Crippen LogP contribution in [0.2, 0.25) is 6.82 Å². The Bertz CT molecular complexity index is 1170. The summed E-state index contributed by atoms with van der Waals surface area (Å²) in [5.74, 6) is 1.07. The lowest BCUT2D eigenvalue weighted by Gasteiger charge is -2.46. The Kier molecular flexibility index (Phi) is 9.49. The van der Waals surface area contributed by atoms with E-state index in [1.165, 1.54) is 19.2 Å². The van der Waals surface area contributed by atoms with Crippen LogP contribution in [0.1, 0.15) is 43.4 Å². The Morgan fingerprint density at radius 3 is 2.64 bits per heavy atom. The number of aromatic nitrogens is 1. The third kappa shape index (κ3) is 7.09. The van der Waals surface area contributed by atoms with Gasteiger partial charge in [-0.2, -0.15) is 0 Å². The number of oxime groups is 1. The largest absolute Gasteiger partial charge is 0.486 e. The molecule has 4 heterocycles. The monoisotopic (exact) mass is 611 g/mol. The molecule has 0 radical (unpaired) electrons. The van der Waals surface area contributed by atoms with Gasteiger partial charge in [0.15, 0.2) is 11.5 Å². The van der Waals surface area contributed by atoms with Crippen LogP contribution in [0.3, 0.4) is 0 Å². The number of hydrogen-bond donors (Lipinski definition) is 3. The SMILES string of the molecule is CB(O)Nc1cc(CBr)on1.CO/N=C1\CC2(CCN(C(=O)C3(F)CCNCC3)CC2)Oc2ccc(F)cc21. The van der Waals surface area contributed by atoms with Gasteiger partial charge in [-0.3, -0.25) is 4.79 Å². The predicted molar refractivity (Wildman–Crippen MR) is 146 cm³/mol. The van der Waals surface area contributed by atoms with Gasteiger partial charge in [-0.05, 0) is 38.1 Å². The summed E-state index contributed by atoms with van der Waals surface area (Å²) in [6.45, 7) is 3.51. The molecule has 39 heavy (non-hydrogen) atoms. The molecule has 1 amide bonds. The second-order valence-electron chi connectivity index (χ2n) is 9.96. The van der Waals surface area contributed by atoms with E-state index >= 15 is 4.39 Å². The van der Waals surface area contributed by atoms with Gasteiger partial charge in [-0.1, -0.05) is 26.2 Å². The van der Waals surface area contributed by atoms with Crippen LogP contribution >= 0.6 is 15.9 Å². The minimum absolute atomic E-state index is 0.216. The van der Waals surface area contributed by atoms with Gasteiger partial charge in [-0.25, -0.2) is 8.78 Å². The van der Waals surface area contributed by atoms with Gasteiger partial charge < -0.3 is 34.6 Å². The first-order valence-electron chi connectivity index (χ1n) is 12.9. The van der Waals surface area contributed by atoms with E-state index in [0.717, 1.165) is 5.76 Å². The zero-order valence-electron chi connectivity index (χ0n) is 22.0. The molecular formula is C25H33BBrF2N5O5. The number of anilines is 1. The molecule has 3 aliphatic rings. The Hall–Kier alpha value is -2.71. The number of nitrogens with zero attached hydrogens (tertiary/aromatic N) is 3. The summed E-state index contributed by atoms with van der Waals surface area (Å²) in [6.07, 6.45) is 2.02. The van der Waals surface area contributed by atoms with E-state index in [1.807, 2.05) is 0 Å². The fraction of sp³-hybridized carbons (Fsp3) is 0.560. The van der Waals surface area contributed by atoms with Crippen molar-refractivity contribution in [3.8, 4) is 5.75 Å². The first-order valence-corrected chi connectivity index (χ1v) is 14.0. The van der Waals surface area contributed by atoms with E-state index < -0.39 is 24.2 Å². The second kappa shape index (κ2) is 12.6. The Balaban J connectivity index is 0.000000270. The summed E-state index contributed by atoms with van der Waals surface area (Å²) in [7, 11) is 0.845. The number of hydrogen-bond acceptors (Lipinski definition) is 9. The van der Waals surface area contributed by atoms with Crippen LogP contribution < -0.4 is 15.3 Å². The first kappa shape index (κ1) is 29.3. The number of ether oxygens (including phenoxy) is 1. The standard InChI is InChI=1S/C20H25F2N3O3.C5H8BBrN2O2/c1-27-24-16-13-19(28-17-3-2-14(21)12-15(16)17)6-10-25(11-7-19)18(26)20(22)4-8-23-9-5-20;1-6(10)8-5-2-4(3-7)11-9-5/h2-3,12,23H,4-11,13H2,1H3;2,10H,3H2,1H3,(H,8,9)/b24-16+;. The second-order valence-corrected chi connectivity index (χ2v) is 10.5. The fourth-order valence-corrected chi connectivity index (χ4v) is 5.32. The highest BCUT2D eigenvalue weighted by molar-refractivity contribution is 9.08. The number of benzene rings is 1. The smallest absolute Gasteiger partial charge is 0.408 e. The van der Waals surface area contributed by atoms with Gasteiger partial charge >= 0.3 is 7.05 Å². The van der Waals surface area contributed by atoms with Gasteiger partial charge in [0.1, 0.15) is 30.0 Å². The molecule has 10 nitrogen and oxygen atoms in total. The number of fused-ring (bicyclic) bond motifs is 1. The summed E-state index contributed by atoms with van der Waals surface area (Å²) in [6, 6.07) is 6.06. The summed E-state index contributed by atoms with van der Waals surface area (Å²) in [5.41, 5.74) is -1.10. The maximum Gasteiger partial charge on any atom is 0.408 e. The molecule has 3 aliphatic heterocycles. The maximum atomic E-state index is 15.0. The Morgan fingerprint density at radius 2 is 2.03 bits per heavy atom. The molecule has 2 saturated heterocycles. The number of nitrogens with one attached hydrogen (secondary N) is 2. The number of carbonyl (C=O) groups excluding carboxylic acids is 1. The zero-order chi connectivity index (χ0) is 28.0. The number of carbonyl (C=O) groups is 1. The van der Waals surface area contributed by atoms with Crippen molar-refractivity contribution in [2.75, 3.05) is 38.5 Å². The zero-order valence-corrected chi connectivity index (χ0v) is 23.6. The Labute approximate surface area is 234 Å². The van der Waals surface area contributed by atoms with Crippen LogP contribution in [0.15, 0.2) is 33.9 Å². The highest BCUT2D eigenvalue weighted by atomic mass is 79.9. The van der Waals surface area contributed by atoms with E-state index in [4.69, 9.17) is 19.1 Å². The topological polar surface area (TPSA) is 121 Å². The minimum Gasteiger partial charge on any atom is -0.486 e. The summed E-state index contributed by atoms with van der Waals surface area (Å²) in [4.78, 5) is 19.3. The lowest BCUT2D eigenvalue weighted by atomic mass is 9.81. The molecule has 0 saturated carbocycles. The van der Waals surface area contributed by atoms with Crippen molar-refractivity contribution >= 4 is 40.4 Å². The van der Waals surface area contributed by atoms with Crippen molar-refractivity contribution in [2.45, 2.75) is 55.5 Å². The van der Waals surface area contributed by atoms with E-state index in [1.54, 1.807) is 23.9 Å². The normalized spacial score (nSPS) is 20.4. The summed E-state index contributed by atoms with van der Waals surface area (Å²) >= 11 is 3.21. The van der Waals surface area contributed by atoms with Gasteiger partial charge in [0.25, 0.3) is 5.91 Å². The van der Waals surface area contributed by atoms with Crippen molar-refractivity contribution < 1.29 is 32.7 Å². The molecule has 1 aromatic heterocycles. The molecular weight excluding hydrogens is 579 g/mol. The lowest BCUT2D eigenvalue weighted by Crippen LogP contribution is -2.57. The third-order valence-corrected chi connectivity index (χ3v) is 7.61. The van der Waals surface area contributed by atoms with E-state index in [9.17, 15) is 9.18 Å². The van der Waals surface area contributed by atoms with Crippen molar-refractivity contribution in [1.82, 2.24) is 15.4 Å². The van der Waals surface area contributed by atoms with Crippen LogP contribution in [0.25, 0.3) is 0 Å². The molecule has 0 aliphatic carbocycles. The molecule has 2 aromatic rings. The van der Waals surface area contributed by atoms with Gasteiger partial charge in [-0.15, -0.1) is 0 Å². The molecule has 1 aromatic carbocycles. The molecule has 3 N–H and O–H groups in total. The summed E-state index contributed by atoms with van der Waals surface area (Å²) < 4.78 is 39.8. The molecule has 5 rings (SSSR count). The van der Waals surface area contributed by atoms with Crippen LogP contribution in [-0.2, 0) is 15.0 Å². The van der Waals surface area contributed by atoms with Crippen LogP contribution in [-0.4, -0.2) is 78.3 Å². The molecule has 0 bridgehead atoms.